The van der Waals surface area contributed by atoms with Gasteiger partial charge in [0.15, 0.2) is 0 Å². The molecule has 20 heavy (non-hydrogen) atoms. The van der Waals surface area contributed by atoms with Gasteiger partial charge < -0.3 is 15.0 Å². The van der Waals surface area contributed by atoms with Gasteiger partial charge in [-0.15, -0.1) is 0 Å². The number of nitrogens with zero attached hydrogens (tertiary/aromatic N) is 1. The molecular weight excluding hydrogens is 282 g/mol. The number of hydrogen-bond acceptors (Lipinski definition) is 5. The Morgan fingerprint density at radius 1 is 1.55 bits per heavy atom. The summed E-state index contributed by atoms with van der Waals surface area (Å²) in [5, 5.41) is 3.10. The molecule has 0 aliphatic carbocycles. The normalized spacial score (nSPS) is 20.8. The monoisotopic (exact) mass is 301 g/mol. The van der Waals surface area contributed by atoms with Crippen LogP contribution in [-0.4, -0.2) is 57.0 Å². The second-order valence-corrected chi connectivity index (χ2v) is 6.67. The van der Waals surface area contributed by atoms with Crippen LogP contribution in [0.3, 0.4) is 0 Å². The van der Waals surface area contributed by atoms with E-state index in [4.69, 9.17) is 0 Å². The number of carbonyl (C=O) groups excluding carboxylic acids is 1. The van der Waals surface area contributed by atoms with Crippen molar-refractivity contribution in [3.05, 3.63) is 18.0 Å². The first-order valence-electron chi connectivity index (χ1n) is 6.43. The van der Waals surface area contributed by atoms with Gasteiger partial charge in [-0.05, 0) is 26.0 Å². The van der Waals surface area contributed by atoms with E-state index in [1.54, 1.807) is 0 Å². The van der Waals surface area contributed by atoms with Crippen LogP contribution in [0.4, 0.5) is 0 Å². The highest BCUT2D eigenvalue weighted by atomic mass is 32.2. The van der Waals surface area contributed by atoms with Gasteiger partial charge in [-0.1, -0.05) is 0 Å². The number of rotatable bonds is 4. The number of sulfonamides is 1. The van der Waals surface area contributed by atoms with Crippen molar-refractivity contribution in [2.75, 3.05) is 27.2 Å². The molecule has 8 heteroatoms. The number of hydrogen-bond donors (Lipinski definition) is 2. The molecule has 0 saturated carbocycles. The molecule has 2 N–H and O–H groups in total. The second kappa shape index (κ2) is 5.94. The summed E-state index contributed by atoms with van der Waals surface area (Å²) < 4.78 is 31.0. The highest BCUT2D eigenvalue weighted by Crippen LogP contribution is 2.21. The van der Waals surface area contributed by atoms with Crippen LogP contribution in [0.15, 0.2) is 17.2 Å². The Balaban J connectivity index is 2.21. The molecule has 1 unspecified atom stereocenters. The predicted octanol–water partition coefficient (Wildman–Crippen LogP) is 0.174. The fourth-order valence-electron chi connectivity index (χ4n) is 2.30. The first-order chi connectivity index (χ1) is 9.48. The Kier molecular flexibility index (Phi) is 4.46. The van der Waals surface area contributed by atoms with Crippen LogP contribution in [-0.2, 0) is 14.8 Å². The number of piperidine rings is 1. The van der Waals surface area contributed by atoms with E-state index in [2.05, 4.69) is 15.0 Å². The molecule has 0 bridgehead atoms. The molecule has 1 aliphatic rings. The zero-order chi connectivity index (χ0) is 14.8. The summed E-state index contributed by atoms with van der Waals surface area (Å²) in [6.45, 7) is 0.941. The molecule has 2 rings (SSSR count). The van der Waals surface area contributed by atoms with Crippen molar-refractivity contribution in [1.29, 1.82) is 0 Å². The van der Waals surface area contributed by atoms with Gasteiger partial charge in [0.05, 0.1) is 7.11 Å². The van der Waals surface area contributed by atoms with Gasteiger partial charge in [-0.2, -0.15) is 4.31 Å². The van der Waals surface area contributed by atoms with Crippen LogP contribution >= 0.6 is 0 Å². The Labute approximate surface area is 118 Å². The van der Waals surface area contributed by atoms with Crippen molar-refractivity contribution >= 4 is 16.0 Å². The molecule has 1 aromatic rings. The Bertz CT molecular complexity index is 581. The third kappa shape index (κ3) is 2.87. The van der Waals surface area contributed by atoms with E-state index in [9.17, 15) is 13.2 Å². The highest BCUT2D eigenvalue weighted by molar-refractivity contribution is 7.89. The molecule has 0 radical (unpaired) electrons. The maximum atomic E-state index is 12.5. The average molecular weight is 301 g/mol. The van der Waals surface area contributed by atoms with Crippen LogP contribution in [0.2, 0.25) is 0 Å². The molecule has 112 valence electrons. The fourth-order valence-corrected chi connectivity index (χ4v) is 3.82. The van der Waals surface area contributed by atoms with E-state index >= 15 is 0 Å². The van der Waals surface area contributed by atoms with Gasteiger partial charge >= 0.3 is 5.97 Å². The number of methoxy groups -OCH3 is 1. The number of likely N-dealkylation sites (N-methyl/N-ethyl adjacent to an activating group) is 1. The summed E-state index contributed by atoms with van der Waals surface area (Å²) in [5.74, 6) is -0.585. The summed E-state index contributed by atoms with van der Waals surface area (Å²) in [6, 6.07) is 1.47. The van der Waals surface area contributed by atoms with Crippen molar-refractivity contribution in [3.8, 4) is 0 Å². The number of H-pyrrole nitrogens is 1. The van der Waals surface area contributed by atoms with Crippen LogP contribution in [0.25, 0.3) is 0 Å². The van der Waals surface area contributed by atoms with Gasteiger partial charge in [0.1, 0.15) is 10.6 Å². The van der Waals surface area contributed by atoms with Gasteiger partial charge in [-0.25, -0.2) is 13.2 Å². The molecule has 2 heterocycles. The lowest BCUT2D eigenvalue weighted by atomic mass is 10.1. The summed E-state index contributed by atoms with van der Waals surface area (Å²) in [5.41, 5.74) is 0.133. The van der Waals surface area contributed by atoms with Gasteiger partial charge in [0, 0.05) is 25.3 Å². The minimum absolute atomic E-state index is 0.0923. The zero-order valence-corrected chi connectivity index (χ0v) is 12.4. The maximum absolute atomic E-state index is 12.5. The molecule has 0 amide bonds. The first kappa shape index (κ1) is 15.0. The minimum Gasteiger partial charge on any atom is -0.464 e. The number of aromatic nitrogens is 1. The summed E-state index contributed by atoms with van der Waals surface area (Å²) in [6.07, 6.45) is 3.10. The second-order valence-electron chi connectivity index (χ2n) is 4.73. The minimum atomic E-state index is -3.57. The van der Waals surface area contributed by atoms with Crippen LogP contribution in [0, 0.1) is 0 Å². The summed E-state index contributed by atoms with van der Waals surface area (Å²) in [4.78, 5) is 14.1. The van der Waals surface area contributed by atoms with Crippen molar-refractivity contribution in [2.45, 2.75) is 23.8 Å². The fraction of sp³-hybridized carbons (Fsp3) is 0.583. The largest absolute Gasteiger partial charge is 0.464 e. The molecule has 1 aromatic heterocycles. The van der Waals surface area contributed by atoms with Crippen LogP contribution < -0.4 is 5.32 Å². The quantitative estimate of drug-likeness (QED) is 0.774. The van der Waals surface area contributed by atoms with Gasteiger partial charge in [-0.3, -0.25) is 0 Å². The van der Waals surface area contributed by atoms with Crippen molar-refractivity contribution in [3.63, 3.8) is 0 Å². The van der Waals surface area contributed by atoms with Gasteiger partial charge in [0.25, 0.3) is 0 Å². The molecule has 1 saturated heterocycles. The molecule has 7 nitrogen and oxygen atoms in total. The number of carbonyl (C=O) groups is 1. The van der Waals surface area contributed by atoms with Gasteiger partial charge in [0.2, 0.25) is 10.0 Å². The summed E-state index contributed by atoms with van der Waals surface area (Å²) in [7, 11) is -0.496. The van der Waals surface area contributed by atoms with Crippen molar-refractivity contribution < 1.29 is 17.9 Å². The Morgan fingerprint density at radius 3 is 2.95 bits per heavy atom. The van der Waals surface area contributed by atoms with E-state index in [-0.39, 0.29) is 16.6 Å². The van der Waals surface area contributed by atoms with E-state index in [0.29, 0.717) is 13.1 Å². The summed E-state index contributed by atoms with van der Waals surface area (Å²) >= 11 is 0. The van der Waals surface area contributed by atoms with E-state index in [0.717, 1.165) is 12.8 Å². The van der Waals surface area contributed by atoms with E-state index < -0.39 is 16.0 Å². The number of nitrogens with one attached hydrogen (secondary N) is 2. The molecule has 0 aromatic carbocycles. The van der Waals surface area contributed by atoms with Crippen molar-refractivity contribution in [1.82, 2.24) is 14.6 Å². The predicted molar refractivity (Wildman–Crippen MR) is 73.0 cm³/mol. The van der Waals surface area contributed by atoms with Crippen LogP contribution in [0.1, 0.15) is 23.3 Å². The SMILES string of the molecule is CNC1CCCN(S(=O)(=O)c2c[nH]c(C(=O)OC)c2)C1. The molecule has 1 fully saturated rings. The lowest BCUT2D eigenvalue weighted by molar-refractivity contribution is 0.0595. The smallest absolute Gasteiger partial charge is 0.354 e. The number of ether oxygens (including phenoxy) is 1. The zero-order valence-electron chi connectivity index (χ0n) is 11.5. The Morgan fingerprint density at radius 2 is 2.30 bits per heavy atom. The number of esters is 1. The first-order valence-corrected chi connectivity index (χ1v) is 7.87. The maximum Gasteiger partial charge on any atom is 0.354 e. The van der Waals surface area contributed by atoms with E-state index in [1.165, 1.54) is 23.7 Å². The average Bonchev–Trinajstić information content (AvgIpc) is 2.97. The third-order valence-corrected chi connectivity index (χ3v) is 5.33. The third-order valence-electron chi connectivity index (χ3n) is 3.49. The highest BCUT2D eigenvalue weighted by Gasteiger charge is 2.30. The Hall–Kier alpha value is -1.38. The van der Waals surface area contributed by atoms with E-state index in [1.807, 2.05) is 7.05 Å². The molecule has 1 aliphatic heterocycles. The molecule has 1 atom stereocenters. The standard InChI is InChI=1S/C12H19N3O4S/c1-13-9-4-3-5-15(8-9)20(17,18)10-6-11(14-7-10)12(16)19-2/h6-7,9,13-14H,3-5,8H2,1-2H3. The topological polar surface area (TPSA) is 91.5 Å². The van der Waals surface area contributed by atoms with Crippen LogP contribution in [0.5, 0.6) is 0 Å². The molecule has 0 spiro atoms. The number of aromatic amines is 1. The molecular formula is C12H19N3O4S. The lowest BCUT2D eigenvalue weighted by Crippen LogP contribution is -2.46. The van der Waals surface area contributed by atoms with Crippen molar-refractivity contribution in [2.24, 2.45) is 0 Å². The lowest BCUT2D eigenvalue weighted by Gasteiger charge is -2.31.